The minimum atomic E-state index is -0.217. The third-order valence-electron chi connectivity index (χ3n) is 2.63. The van der Waals surface area contributed by atoms with Gasteiger partial charge in [-0.15, -0.1) is 11.6 Å². The van der Waals surface area contributed by atoms with E-state index in [1.54, 1.807) is 13.8 Å². The van der Waals surface area contributed by atoms with Gasteiger partial charge in [0.15, 0.2) is 0 Å². The Morgan fingerprint density at radius 3 is 2.14 bits per heavy atom. The summed E-state index contributed by atoms with van der Waals surface area (Å²) in [6.45, 7) is 7.48. The average Bonchev–Trinajstić information content (AvgIpc) is 2.35. The Bertz CT molecular complexity index is 268. The number of alkyl halides is 1. The van der Waals surface area contributed by atoms with Crippen molar-refractivity contribution >= 4 is 23.4 Å². The molecule has 3 nitrogen and oxygen atoms in total. The molecule has 14 heavy (non-hydrogen) atoms. The lowest BCUT2D eigenvalue weighted by atomic mass is 10.00. The molecule has 0 N–H and O–H groups in total. The summed E-state index contributed by atoms with van der Waals surface area (Å²) in [5.74, 6) is -0.390. The maximum absolute atomic E-state index is 11.6. The molecule has 0 aromatic carbocycles. The summed E-state index contributed by atoms with van der Waals surface area (Å²) in [6.07, 6.45) is 0. The highest BCUT2D eigenvalue weighted by Gasteiger charge is 2.41. The van der Waals surface area contributed by atoms with Crippen molar-refractivity contribution in [3.8, 4) is 0 Å². The largest absolute Gasteiger partial charge is 0.278 e. The maximum Gasteiger partial charge on any atom is 0.233 e. The molecule has 1 aliphatic rings. The third-order valence-corrected chi connectivity index (χ3v) is 3.01. The predicted octanol–water partition coefficient (Wildman–Crippen LogP) is 1.42. The van der Waals surface area contributed by atoms with Crippen LogP contribution >= 0.6 is 11.6 Å². The van der Waals surface area contributed by atoms with Crippen LogP contribution < -0.4 is 0 Å². The molecule has 0 saturated carbocycles. The minimum absolute atomic E-state index is 0.117. The summed E-state index contributed by atoms with van der Waals surface area (Å²) >= 11 is 5.55. The molecule has 1 heterocycles. The first-order valence-corrected chi connectivity index (χ1v) is 5.10. The summed E-state index contributed by atoms with van der Waals surface area (Å²) < 4.78 is 0. The molecule has 0 spiro atoms. The number of nitrogens with zero attached hydrogens (tertiary/aromatic N) is 1. The van der Waals surface area contributed by atoms with Crippen LogP contribution in [0.5, 0.6) is 0 Å². The van der Waals surface area contributed by atoms with Crippen LogP contribution in [-0.4, -0.2) is 29.1 Å². The molecule has 2 unspecified atom stereocenters. The molecule has 1 aliphatic heterocycles. The van der Waals surface area contributed by atoms with Crippen LogP contribution in [0.4, 0.5) is 0 Å². The van der Waals surface area contributed by atoms with Gasteiger partial charge < -0.3 is 0 Å². The van der Waals surface area contributed by atoms with E-state index in [1.807, 2.05) is 0 Å². The second-order valence-corrected chi connectivity index (χ2v) is 3.99. The van der Waals surface area contributed by atoms with Gasteiger partial charge in [0.05, 0.1) is 6.54 Å². The summed E-state index contributed by atoms with van der Waals surface area (Å²) in [6, 6.07) is 0. The Morgan fingerprint density at radius 2 is 1.79 bits per heavy atom. The monoisotopic (exact) mass is 215 g/mol. The normalized spacial score (nSPS) is 27.2. The molecule has 0 aliphatic carbocycles. The second kappa shape index (κ2) is 4.13. The second-order valence-electron chi connectivity index (χ2n) is 3.72. The standard InChI is InChI=1S/C10H14ClNO2/c1-6(4-11)5-12-9(13)7(2)8(3)10(12)14/h7-8H,1,4-5H2,2-3H3. The van der Waals surface area contributed by atoms with Crippen LogP contribution in [0.1, 0.15) is 13.8 Å². The molecule has 1 saturated heterocycles. The van der Waals surface area contributed by atoms with E-state index in [0.29, 0.717) is 5.57 Å². The van der Waals surface area contributed by atoms with Crippen LogP contribution in [-0.2, 0) is 9.59 Å². The van der Waals surface area contributed by atoms with Crippen molar-refractivity contribution in [2.24, 2.45) is 11.8 Å². The van der Waals surface area contributed by atoms with Gasteiger partial charge in [0, 0.05) is 17.7 Å². The molecular weight excluding hydrogens is 202 g/mol. The van der Waals surface area contributed by atoms with E-state index in [0.717, 1.165) is 0 Å². The molecule has 1 rings (SSSR count). The van der Waals surface area contributed by atoms with Crippen molar-refractivity contribution in [1.29, 1.82) is 0 Å². The Hall–Kier alpha value is -0.830. The zero-order chi connectivity index (χ0) is 10.9. The summed E-state index contributed by atoms with van der Waals surface area (Å²) in [7, 11) is 0. The molecular formula is C10H14ClNO2. The van der Waals surface area contributed by atoms with Gasteiger partial charge in [0.2, 0.25) is 11.8 Å². The van der Waals surface area contributed by atoms with Gasteiger partial charge in [-0.05, 0) is 5.57 Å². The Kier molecular flexibility index (Phi) is 3.32. The highest BCUT2D eigenvalue weighted by atomic mass is 35.5. The van der Waals surface area contributed by atoms with Gasteiger partial charge in [-0.3, -0.25) is 14.5 Å². The fourth-order valence-electron chi connectivity index (χ4n) is 1.45. The molecule has 0 aromatic heterocycles. The van der Waals surface area contributed by atoms with Crippen molar-refractivity contribution < 1.29 is 9.59 Å². The van der Waals surface area contributed by atoms with Crippen molar-refractivity contribution in [3.63, 3.8) is 0 Å². The summed E-state index contributed by atoms with van der Waals surface area (Å²) in [4.78, 5) is 24.4. The summed E-state index contributed by atoms with van der Waals surface area (Å²) in [5.41, 5.74) is 0.690. The van der Waals surface area contributed by atoms with E-state index in [4.69, 9.17) is 11.6 Å². The number of hydrogen-bond donors (Lipinski definition) is 0. The van der Waals surface area contributed by atoms with Crippen molar-refractivity contribution in [2.75, 3.05) is 12.4 Å². The fraction of sp³-hybridized carbons (Fsp3) is 0.600. The number of likely N-dealkylation sites (tertiary alicyclic amines) is 1. The third kappa shape index (κ3) is 1.82. The first-order chi connectivity index (χ1) is 6.49. The quantitative estimate of drug-likeness (QED) is 0.406. The highest BCUT2D eigenvalue weighted by Crippen LogP contribution is 2.25. The van der Waals surface area contributed by atoms with Crippen molar-refractivity contribution in [3.05, 3.63) is 12.2 Å². The number of halogens is 1. The molecule has 0 aromatic rings. The lowest BCUT2D eigenvalue weighted by molar-refractivity contribution is -0.139. The van der Waals surface area contributed by atoms with E-state index < -0.39 is 0 Å². The Morgan fingerprint density at radius 1 is 1.36 bits per heavy atom. The molecule has 4 heteroatoms. The Labute approximate surface area is 88.7 Å². The van der Waals surface area contributed by atoms with E-state index in [9.17, 15) is 9.59 Å². The number of amides is 2. The van der Waals surface area contributed by atoms with Crippen LogP contribution in [0.15, 0.2) is 12.2 Å². The highest BCUT2D eigenvalue weighted by molar-refractivity contribution is 6.19. The number of carbonyl (C=O) groups excluding carboxylic acids is 2. The van der Waals surface area contributed by atoms with E-state index in [-0.39, 0.29) is 36.1 Å². The van der Waals surface area contributed by atoms with Crippen LogP contribution in [0.25, 0.3) is 0 Å². The van der Waals surface area contributed by atoms with Crippen LogP contribution in [0.2, 0.25) is 0 Å². The fourth-order valence-corrected chi connectivity index (χ4v) is 1.53. The minimum Gasteiger partial charge on any atom is -0.278 e. The first-order valence-electron chi connectivity index (χ1n) is 4.56. The number of hydrogen-bond acceptors (Lipinski definition) is 2. The lowest BCUT2D eigenvalue weighted by Crippen LogP contribution is -2.32. The number of carbonyl (C=O) groups is 2. The zero-order valence-corrected chi connectivity index (χ0v) is 9.17. The topological polar surface area (TPSA) is 37.4 Å². The van der Waals surface area contributed by atoms with Gasteiger partial charge in [-0.2, -0.15) is 0 Å². The van der Waals surface area contributed by atoms with E-state index in [2.05, 4.69) is 6.58 Å². The molecule has 1 fully saturated rings. The molecule has 2 amide bonds. The first kappa shape index (κ1) is 11.2. The zero-order valence-electron chi connectivity index (χ0n) is 8.42. The molecule has 78 valence electrons. The number of rotatable bonds is 3. The molecule has 0 radical (unpaired) electrons. The smallest absolute Gasteiger partial charge is 0.233 e. The summed E-state index contributed by atoms with van der Waals surface area (Å²) in [5, 5.41) is 0. The van der Waals surface area contributed by atoms with Crippen molar-refractivity contribution in [2.45, 2.75) is 13.8 Å². The Balaban J connectivity index is 2.75. The molecule has 2 atom stereocenters. The van der Waals surface area contributed by atoms with Gasteiger partial charge in [0.1, 0.15) is 0 Å². The molecule has 0 bridgehead atoms. The van der Waals surface area contributed by atoms with Gasteiger partial charge in [-0.1, -0.05) is 20.4 Å². The van der Waals surface area contributed by atoms with E-state index >= 15 is 0 Å². The maximum atomic E-state index is 11.6. The average molecular weight is 216 g/mol. The van der Waals surface area contributed by atoms with Crippen LogP contribution in [0, 0.1) is 11.8 Å². The SMILES string of the molecule is C=C(CCl)CN1C(=O)C(C)C(C)C1=O. The van der Waals surface area contributed by atoms with Gasteiger partial charge >= 0.3 is 0 Å². The number of imide groups is 1. The van der Waals surface area contributed by atoms with Gasteiger partial charge in [-0.25, -0.2) is 0 Å². The predicted molar refractivity (Wildman–Crippen MR) is 54.9 cm³/mol. The van der Waals surface area contributed by atoms with E-state index in [1.165, 1.54) is 4.90 Å². The van der Waals surface area contributed by atoms with Crippen LogP contribution in [0.3, 0.4) is 0 Å². The lowest BCUT2D eigenvalue weighted by Gasteiger charge is -2.14. The van der Waals surface area contributed by atoms with Crippen molar-refractivity contribution in [1.82, 2.24) is 4.90 Å². The van der Waals surface area contributed by atoms with Gasteiger partial charge in [0.25, 0.3) is 0 Å².